The molecule has 6 rings (SSSR count). The number of cyclic esters (lactones) is 1. The summed E-state index contributed by atoms with van der Waals surface area (Å²) in [5.74, 6) is -0.707. The van der Waals surface area contributed by atoms with Crippen molar-refractivity contribution in [2.24, 2.45) is 0 Å². The molecule has 1 N–H and O–H groups in total. The highest BCUT2D eigenvalue weighted by Crippen LogP contribution is 2.49. The summed E-state index contributed by atoms with van der Waals surface area (Å²) >= 11 is 0. The van der Waals surface area contributed by atoms with Crippen LogP contribution in [-0.2, 0) is 41.6 Å². The second-order valence-electron chi connectivity index (χ2n) is 11.3. The van der Waals surface area contributed by atoms with Gasteiger partial charge in [-0.05, 0) is 55.9 Å². The molecule has 0 fully saturated rings. The largest absolute Gasteiger partial charge is 0.458 e. The van der Waals surface area contributed by atoms with Crippen molar-refractivity contribution >= 4 is 34.7 Å². The molecule has 2 aromatic rings. The van der Waals surface area contributed by atoms with E-state index in [0.717, 1.165) is 16.5 Å². The zero-order valence-corrected chi connectivity index (χ0v) is 24.0. The molecule has 5 heterocycles. The number of aromatic nitrogens is 1. The van der Waals surface area contributed by atoms with Crippen LogP contribution in [0.5, 0.6) is 11.5 Å². The molecular weight excluding hydrogens is 546 g/mol. The Bertz CT molecular complexity index is 1570. The second-order valence-corrected chi connectivity index (χ2v) is 11.3. The Morgan fingerprint density at radius 3 is 2.64 bits per heavy atom. The molecule has 42 heavy (non-hydrogen) atoms. The normalized spacial score (nSPS) is 22.2. The van der Waals surface area contributed by atoms with Crippen LogP contribution in [-0.4, -0.2) is 81.8 Å². The molecule has 2 atom stereocenters. The summed E-state index contributed by atoms with van der Waals surface area (Å²) in [6, 6.07) is 3.07. The molecule has 1 aromatic heterocycles. The predicted molar refractivity (Wildman–Crippen MR) is 146 cm³/mol. The summed E-state index contributed by atoms with van der Waals surface area (Å²) in [5, 5.41) is 12.1. The number of carbonyl (C=O) groups is 4. The first-order chi connectivity index (χ1) is 20.0. The summed E-state index contributed by atoms with van der Waals surface area (Å²) in [4.78, 5) is 59.0. The Hall–Kier alpha value is -4.19. The molecule has 0 spiro atoms. The van der Waals surface area contributed by atoms with E-state index >= 15 is 0 Å². The van der Waals surface area contributed by atoms with Crippen LogP contribution in [0.3, 0.4) is 0 Å². The highest BCUT2D eigenvalue weighted by atomic mass is 16.7. The van der Waals surface area contributed by atoms with E-state index in [1.165, 1.54) is 6.92 Å². The molecule has 0 saturated carbocycles. The van der Waals surface area contributed by atoms with Crippen LogP contribution in [0.15, 0.2) is 23.3 Å². The summed E-state index contributed by atoms with van der Waals surface area (Å²) in [5.41, 5.74) is 1.98. The van der Waals surface area contributed by atoms with Gasteiger partial charge in [-0.25, -0.2) is 4.79 Å². The number of carbonyl (C=O) groups excluding carboxylic acids is 4. The monoisotopic (exact) mass is 579 g/mol. The van der Waals surface area contributed by atoms with E-state index in [2.05, 4.69) is 0 Å². The third-order valence-corrected chi connectivity index (χ3v) is 8.67. The smallest absolute Gasteiger partial charge is 0.342 e. The zero-order valence-electron chi connectivity index (χ0n) is 24.0. The number of nitrogens with zero attached hydrogens (tertiary/aromatic N) is 3. The van der Waals surface area contributed by atoms with Gasteiger partial charge < -0.3 is 33.9 Å². The number of ether oxygens (including phenoxy) is 4. The Balaban J connectivity index is 1.42. The van der Waals surface area contributed by atoms with Crippen molar-refractivity contribution in [3.05, 3.63) is 40.1 Å². The van der Waals surface area contributed by atoms with Crippen LogP contribution in [0.2, 0.25) is 0 Å². The average Bonchev–Trinajstić information content (AvgIpc) is 3.57. The number of pyridine rings is 1. The third kappa shape index (κ3) is 4.36. The first-order valence-corrected chi connectivity index (χ1v) is 14.1. The van der Waals surface area contributed by atoms with E-state index < -0.39 is 23.6 Å². The van der Waals surface area contributed by atoms with E-state index in [1.54, 1.807) is 16.7 Å². The van der Waals surface area contributed by atoms with Crippen LogP contribution in [0.4, 0.5) is 0 Å². The number of aliphatic hydroxyl groups is 1. The van der Waals surface area contributed by atoms with Crippen LogP contribution in [0.25, 0.3) is 10.9 Å². The predicted octanol–water partition coefficient (Wildman–Crippen LogP) is 2.09. The number of hydrogen-bond donors (Lipinski definition) is 1. The molecule has 0 saturated heterocycles. The molecule has 1 unspecified atom stereocenters. The first kappa shape index (κ1) is 28.0. The Morgan fingerprint density at radius 1 is 1.21 bits per heavy atom. The van der Waals surface area contributed by atoms with Gasteiger partial charge in [-0.1, -0.05) is 6.92 Å². The Labute approximate surface area is 242 Å². The van der Waals surface area contributed by atoms with Gasteiger partial charge in [0, 0.05) is 37.5 Å². The lowest BCUT2D eigenvalue weighted by Crippen LogP contribution is -2.51. The van der Waals surface area contributed by atoms with Crippen LogP contribution >= 0.6 is 0 Å². The van der Waals surface area contributed by atoms with E-state index in [9.17, 15) is 24.3 Å². The minimum atomic E-state index is -1.86. The van der Waals surface area contributed by atoms with Crippen molar-refractivity contribution in [1.82, 2.24) is 14.8 Å². The summed E-state index contributed by atoms with van der Waals surface area (Å²) < 4.78 is 21.4. The van der Waals surface area contributed by atoms with Gasteiger partial charge in [0.1, 0.15) is 6.61 Å². The molecule has 1 aromatic carbocycles. The number of amides is 2. The number of esters is 2. The van der Waals surface area contributed by atoms with Gasteiger partial charge in [-0.3, -0.25) is 19.4 Å². The van der Waals surface area contributed by atoms with Gasteiger partial charge in [0.05, 0.1) is 22.8 Å². The molecule has 0 radical (unpaired) electrons. The first-order valence-electron chi connectivity index (χ1n) is 14.1. The molecular formula is C30H33N3O9. The lowest BCUT2D eigenvalue weighted by Gasteiger charge is -2.41. The van der Waals surface area contributed by atoms with Gasteiger partial charge >= 0.3 is 11.9 Å². The minimum Gasteiger partial charge on any atom is -0.458 e. The van der Waals surface area contributed by atoms with Gasteiger partial charge in [0.15, 0.2) is 23.7 Å². The Kier molecular flexibility index (Phi) is 6.83. The van der Waals surface area contributed by atoms with E-state index in [4.69, 9.17) is 23.9 Å². The summed E-state index contributed by atoms with van der Waals surface area (Å²) in [7, 11) is 0. The minimum absolute atomic E-state index is 0.0871. The van der Waals surface area contributed by atoms with Crippen molar-refractivity contribution in [2.75, 3.05) is 26.6 Å². The van der Waals surface area contributed by atoms with Crippen LogP contribution in [0.1, 0.15) is 63.4 Å². The lowest BCUT2D eigenvalue weighted by molar-refractivity contribution is -0.165. The molecule has 4 aliphatic heterocycles. The van der Waals surface area contributed by atoms with Gasteiger partial charge in [0.25, 0.3) is 11.8 Å². The third-order valence-electron chi connectivity index (χ3n) is 8.67. The topological polar surface area (TPSA) is 145 Å². The molecule has 0 aliphatic carbocycles. The summed E-state index contributed by atoms with van der Waals surface area (Å²) in [6.45, 7) is 6.93. The van der Waals surface area contributed by atoms with Crippen molar-refractivity contribution in [1.29, 1.82) is 0 Å². The maximum Gasteiger partial charge on any atom is 0.342 e. The number of rotatable bonds is 7. The van der Waals surface area contributed by atoms with E-state index in [0.29, 0.717) is 46.8 Å². The molecule has 4 aliphatic rings. The highest BCUT2D eigenvalue weighted by molar-refractivity contribution is 6.01. The van der Waals surface area contributed by atoms with Gasteiger partial charge in [0.2, 0.25) is 6.79 Å². The quantitative estimate of drug-likeness (QED) is 0.484. The van der Waals surface area contributed by atoms with Gasteiger partial charge in [-0.2, -0.15) is 0 Å². The van der Waals surface area contributed by atoms with E-state index in [-0.39, 0.29) is 57.2 Å². The number of hydrogen-bond acceptors (Lipinski definition) is 10. The Morgan fingerprint density at radius 2 is 1.95 bits per heavy atom. The molecule has 12 nitrogen and oxygen atoms in total. The lowest BCUT2D eigenvalue weighted by atomic mass is 9.79. The molecule has 2 amide bonds. The summed E-state index contributed by atoms with van der Waals surface area (Å²) in [6.07, 6.45) is 0.784. The van der Waals surface area contributed by atoms with Crippen molar-refractivity contribution in [2.45, 2.75) is 71.2 Å². The number of benzene rings is 1. The molecule has 0 bridgehead atoms. The number of fused-ring (bicyclic) bond motifs is 5. The van der Waals surface area contributed by atoms with E-state index in [1.807, 2.05) is 26.0 Å². The fourth-order valence-electron chi connectivity index (χ4n) is 6.44. The maximum absolute atomic E-state index is 13.8. The van der Waals surface area contributed by atoms with Crippen molar-refractivity contribution in [3.63, 3.8) is 0 Å². The highest BCUT2D eigenvalue weighted by Gasteiger charge is 2.52. The molecule has 12 heteroatoms. The molecule has 222 valence electrons. The fourth-order valence-corrected chi connectivity index (χ4v) is 6.44. The van der Waals surface area contributed by atoms with Crippen LogP contribution in [0, 0.1) is 0 Å². The maximum atomic E-state index is 13.8. The van der Waals surface area contributed by atoms with Gasteiger partial charge in [-0.15, -0.1) is 0 Å². The van der Waals surface area contributed by atoms with Crippen molar-refractivity contribution < 1.29 is 43.2 Å². The standard InChI is InChI=1S/C30H33N3O9/c1-5-30(38)21-9-23-27-19(11-33(23)28(36)20(21)12-40-29(30)37)17(6-7-32(15(2)3)26(35)13-39-16(4)34)18-8-24-25(42-14-41-24)10-22(18)31-27/h8,10,15,23,38H,5-7,9,11-14H2,1-4H3/t23?,30-/m0/s1. The fraction of sp³-hybridized carbons (Fsp3) is 0.500. The SMILES string of the molecule is CC[C@@]1(O)C(=O)OCC2=C1CC1c3nc4cc5c(cc4c(CCN(C(=O)COC(C)=O)C(C)C)c3CN1C2=O)OCO5. The average molecular weight is 580 g/mol. The van der Waals surface area contributed by atoms with Crippen LogP contribution < -0.4 is 9.47 Å². The van der Waals surface area contributed by atoms with Crippen molar-refractivity contribution in [3.8, 4) is 11.5 Å². The zero-order chi connectivity index (χ0) is 29.9. The second kappa shape index (κ2) is 10.3.